The normalized spacial score (nSPS) is 14.0. The second-order valence-electron chi connectivity index (χ2n) is 7.50. The van der Waals surface area contributed by atoms with Crippen molar-refractivity contribution in [3.05, 3.63) is 71.4 Å². The third-order valence-electron chi connectivity index (χ3n) is 5.15. The molecule has 0 atom stereocenters. The van der Waals surface area contributed by atoms with Crippen molar-refractivity contribution < 1.29 is 9.59 Å². The van der Waals surface area contributed by atoms with Crippen molar-refractivity contribution in [2.75, 3.05) is 20.1 Å². The number of likely N-dealkylation sites (tertiary alicyclic amines) is 1. The molecule has 2 aromatic carbocycles. The van der Waals surface area contributed by atoms with Crippen LogP contribution >= 0.6 is 11.6 Å². The number of amides is 2. The Hall–Kier alpha value is -2.96. The lowest BCUT2D eigenvalue weighted by atomic mass is 10.1. The molecule has 1 aliphatic rings. The molecule has 1 aromatic heterocycles. The van der Waals surface area contributed by atoms with Gasteiger partial charge in [-0.25, -0.2) is 4.68 Å². The fourth-order valence-corrected chi connectivity index (χ4v) is 3.79. The molecular weight excluding hydrogens is 400 g/mol. The van der Waals surface area contributed by atoms with E-state index in [9.17, 15) is 9.59 Å². The number of imide groups is 1. The summed E-state index contributed by atoms with van der Waals surface area (Å²) in [6, 6.07) is 17.5. The first-order chi connectivity index (χ1) is 14.5. The Morgan fingerprint density at radius 1 is 1.13 bits per heavy atom. The predicted molar refractivity (Wildman–Crippen MR) is 116 cm³/mol. The van der Waals surface area contributed by atoms with Gasteiger partial charge in [-0.1, -0.05) is 41.9 Å². The zero-order valence-corrected chi connectivity index (χ0v) is 17.5. The van der Waals surface area contributed by atoms with Crippen LogP contribution in [0.3, 0.4) is 0 Å². The van der Waals surface area contributed by atoms with Gasteiger partial charge in [0.1, 0.15) is 0 Å². The van der Waals surface area contributed by atoms with E-state index < -0.39 is 0 Å². The van der Waals surface area contributed by atoms with Gasteiger partial charge in [-0.15, -0.1) is 0 Å². The Morgan fingerprint density at radius 3 is 2.53 bits per heavy atom. The molecule has 30 heavy (non-hydrogen) atoms. The molecule has 0 aliphatic carbocycles. The number of benzene rings is 2. The maximum Gasteiger partial charge on any atom is 0.243 e. The van der Waals surface area contributed by atoms with Gasteiger partial charge in [0.2, 0.25) is 11.8 Å². The molecule has 154 valence electrons. The van der Waals surface area contributed by atoms with Crippen molar-refractivity contribution in [3.63, 3.8) is 0 Å². The maximum absolute atomic E-state index is 12.5. The number of aromatic nitrogens is 2. The van der Waals surface area contributed by atoms with Gasteiger partial charge in [-0.05, 0) is 37.7 Å². The summed E-state index contributed by atoms with van der Waals surface area (Å²) in [4.78, 5) is 27.6. The van der Waals surface area contributed by atoms with Crippen molar-refractivity contribution in [2.24, 2.45) is 0 Å². The number of nitrogens with zero attached hydrogens (tertiary/aromatic N) is 4. The van der Waals surface area contributed by atoms with Gasteiger partial charge < -0.3 is 0 Å². The third kappa shape index (κ3) is 4.45. The van der Waals surface area contributed by atoms with Crippen LogP contribution < -0.4 is 0 Å². The highest BCUT2D eigenvalue weighted by atomic mass is 35.5. The average Bonchev–Trinajstić information content (AvgIpc) is 3.35. The number of para-hydroxylation sites is 1. The number of rotatable bonds is 6. The van der Waals surface area contributed by atoms with E-state index in [1.54, 1.807) is 0 Å². The van der Waals surface area contributed by atoms with Gasteiger partial charge in [0.25, 0.3) is 0 Å². The summed E-state index contributed by atoms with van der Waals surface area (Å²) in [5.41, 5.74) is 3.75. The molecule has 6 nitrogen and oxygen atoms in total. The molecule has 0 unspecified atom stereocenters. The van der Waals surface area contributed by atoms with Crippen LogP contribution in [0.2, 0.25) is 5.02 Å². The number of hydrogen-bond donors (Lipinski definition) is 0. The first-order valence-electron chi connectivity index (χ1n) is 9.93. The molecule has 1 fully saturated rings. The molecule has 0 saturated carbocycles. The highest BCUT2D eigenvalue weighted by Crippen LogP contribution is 2.26. The molecule has 3 aromatic rings. The van der Waals surface area contributed by atoms with Crippen LogP contribution in [-0.4, -0.2) is 51.5 Å². The molecule has 7 heteroatoms. The predicted octanol–water partition coefficient (Wildman–Crippen LogP) is 3.77. The lowest BCUT2D eigenvalue weighted by Crippen LogP contribution is -2.39. The van der Waals surface area contributed by atoms with E-state index in [1.807, 2.05) is 77.4 Å². The van der Waals surface area contributed by atoms with Crippen LogP contribution in [0.4, 0.5) is 0 Å². The monoisotopic (exact) mass is 422 g/mol. The molecule has 2 amide bonds. The second-order valence-corrected chi connectivity index (χ2v) is 7.94. The number of carbonyl (C=O) groups excluding carboxylic acids is 2. The summed E-state index contributed by atoms with van der Waals surface area (Å²) < 4.78 is 1.85. The minimum Gasteiger partial charge on any atom is -0.293 e. The van der Waals surface area contributed by atoms with Crippen LogP contribution in [0.5, 0.6) is 0 Å². The fourth-order valence-electron chi connectivity index (χ4n) is 3.66. The van der Waals surface area contributed by atoms with Crippen LogP contribution in [0.25, 0.3) is 16.9 Å². The van der Waals surface area contributed by atoms with E-state index >= 15 is 0 Å². The van der Waals surface area contributed by atoms with Gasteiger partial charge >= 0.3 is 0 Å². The van der Waals surface area contributed by atoms with E-state index in [2.05, 4.69) is 0 Å². The van der Waals surface area contributed by atoms with Crippen molar-refractivity contribution in [2.45, 2.75) is 19.4 Å². The lowest BCUT2D eigenvalue weighted by Gasteiger charge is -2.20. The summed E-state index contributed by atoms with van der Waals surface area (Å²) in [5, 5.41) is 5.47. The van der Waals surface area contributed by atoms with E-state index in [0.29, 0.717) is 24.5 Å². The highest BCUT2D eigenvalue weighted by Gasteiger charge is 2.27. The summed E-state index contributed by atoms with van der Waals surface area (Å²) in [6.45, 7) is 1.23. The van der Waals surface area contributed by atoms with Crippen molar-refractivity contribution in [1.29, 1.82) is 0 Å². The van der Waals surface area contributed by atoms with Gasteiger partial charge in [-0.3, -0.25) is 19.4 Å². The Morgan fingerprint density at radius 2 is 1.87 bits per heavy atom. The summed E-state index contributed by atoms with van der Waals surface area (Å²) >= 11 is 6.05. The molecule has 1 aliphatic heterocycles. The van der Waals surface area contributed by atoms with Crippen LogP contribution in [-0.2, 0) is 16.1 Å². The Kier molecular flexibility index (Phi) is 5.97. The standard InChI is InChI=1S/C23H23ClN4O2/c1-26(16-22(30)27-13-5-8-21(27)29)14-18-15-28(20-6-3-2-4-7-20)25-23(18)17-9-11-19(24)12-10-17/h2-4,6-7,9-12,15H,5,8,13-14,16H2,1H3. The van der Waals surface area contributed by atoms with Gasteiger partial charge in [0.15, 0.2) is 0 Å². The minimum atomic E-state index is -0.150. The second kappa shape index (κ2) is 8.81. The molecule has 4 rings (SSSR count). The Labute approximate surface area is 180 Å². The van der Waals surface area contributed by atoms with Crippen LogP contribution in [0.1, 0.15) is 18.4 Å². The molecule has 2 heterocycles. The minimum absolute atomic E-state index is 0.0767. The van der Waals surface area contributed by atoms with Crippen molar-refractivity contribution >= 4 is 23.4 Å². The summed E-state index contributed by atoms with van der Waals surface area (Å²) in [7, 11) is 1.88. The average molecular weight is 423 g/mol. The zero-order valence-electron chi connectivity index (χ0n) is 16.8. The molecule has 0 radical (unpaired) electrons. The fraction of sp³-hybridized carbons (Fsp3) is 0.261. The first-order valence-corrected chi connectivity index (χ1v) is 10.3. The zero-order chi connectivity index (χ0) is 21.1. The summed E-state index contributed by atoms with van der Waals surface area (Å²) in [6.07, 6.45) is 3.19. The molecule has 0 spiro atoms. The van der Waals surface area contributed by atoms with Crippen LogP contribution in [0, 0.1) is 0 Å². The largest absolute Gasteiger partial charge is 0.293 e. The maximum atomic E-state index is 12.5. The van der Waals surface area contributed by atoms with E-state index in [4.69, 9.17) is 16.7 Å². The Bertz CT molecular complexity index is 1050. The van der Waals surface area contributed by atoms with Gasteiger partial charge in [0.05, 0.1) is 17.9 Å². The molecule has 1 saturated heterocycles. The van der Waals surface area contributed by atoms with Crippen molar-refractivity contribution in [1.82, 2.24) is 19.6 Å². The molecule has 0 N–H and O–H groups in total. The van der Waals surface area contributed by atoms with Gasteiger partial charge in [-0.2, -0.15) is 5.10 Å². The van der Waals surface area contributed by atoms with Crippen molar-refractivity contribution in [3.8, 4) is 16.9 Å². The first kappa shape index (κ1) is 20.3. The number of carbonyl (C=O) groups is 2. The third-order valence-corrected chi connectivity index (χ3v) is 5.40. The lowest BCUT2D eigenvalue weighted by molar-refractivity contribution is -0.142. The molecule has 0 bridgehead atoms. The van der Waals surface area contributed by atoms with Gasteiger partial charge in [0, 0.05) is 41.9 Å². The number of hydrogen-bond acceptors (Lipinski definition) is 4. The number of likely N-dealkylation sites (N-methyl/N-ethyl adjacent to an activating group) is 1. The smallest absolute Gasteiger partial charge is 0.243 e. The quantitative estimate of drug-likeness (QED) is 0.606. The highest BCUT2D eigenvalue weighted by molar-refractivity contribution is 6.30. The number of halogens is 1. The van der Waals surface area contributed by atoms with E-state index in [-0.39, 0.29) is 18.4 Å². The van der Waals surface area contributed by atoms with E-state index in [0.717, 1.165) is 28.9 Å². The molecular formula is C23H23ClN4O2. The topological polar surface area (TPSA) is 58.4 Å². The SMILES string of the molecule is CN(CC(=O)N1CCCC1=O)Cc1cn(-c2ccccc2)nc1-c1ccc(Cl)cc1. The van der Waals surface area contributed by atoms with E-state index in [1.165, 1.54) is 4.90 Å². The van der Waals surface area contributed by atoms with Crippen LogP contribution in [0.15, 0.2) is 60.8 Å². The Balaban J connectivity index is 1.59. The summed E-state index contributed by atoms with van der Waals surface area (Å²) in [5.74, 6) is -0.226.